The number of amides is 1. The van der Waals surface area contributed by atoms with Crippen molar-refractivity contribution in [3.63, 3.8) is 0 Å². The van der Waals surface area contributed by atoms with E-state index in [0.717, 1.165) is 49.6 Å². The van der Waals surface area contributed by atoms with Crippen LogP contribution in [0.3, 0.4) is 0 Å². The second-order valence-corrected chi connectivity index (χ2v) is 7.15. The van der Waals surface area contributed by atoms with Crippen LogP contribution in [0.5, 0.6) is 5.75 Å². The molecule has 3 aromatic rings. The Morgan fingerprint density at radius 1 is 1.10 bits per heavy atom. The lowest BCUT2D eigenvalue weighted by Gasteiger charge is -2.22. The molecule has 152 valence electrons. The highest BCUT2D eigenvalue weighted by Gasteiger charge is 2.22. The van der Waals surface area contributed by atoms with E-state index >= 15 is 0 Å². The maximum Gasteiger partial charge on any atom is 0.222 e. The van der Waals surface area contributed by atoms with Gasteiger partial charge in [-0.3, -0.25) is 4.79 Å². The monoisotopic (exact) mass is 395 g/mol. The first kappa shape index (κ1) is 19.1. The number of ether oxygens (including phenoxy) is 1. The summed E-state index contributed by atoms with van der Waals surface area (Å²) in [5.41, 5.74) is 2.56. The zero-order valence-corrected chi connectivity index (χ0v) is 16.8. The molecule has 1 amide bonds. The van der Waals surface area contributed by atoms with Crippen molar-refractivity contribution in [1.82, 2.24) is 29.9 Å². The molecule has 0 unspecified atom stereocenters. The van der Waals surface area contributed by atoms with Crippen LogP contribution in [0.1, 0.15) is 18.4 Å². The Balaban J connectivity index is 1.37. The second-order valence-electron chi connectivity index (χ2n) is 7.15. The van der Waals surface area contributed by atoms with Crippen molar-refractivity contribution in [1.29, 1.82) is 0 Å². The van der Waals surface area contributed by atoms with E-state index < -0.39 is 0 Å². The van der Waals surface area contributed by atoms with E-state index in [2.05, 4.69) is 25.2 Å². The van der Waals surface area contributed by atoms with E-state index in [1.807, 2.05) is 36.2 Å². The van der Waals surface area contributed by atoms with Gasteiger partial charge in [-0.15, -0.1) is 5.10 Å². The number of fused-ring (bicyclic) bond motifs is 1. The van der Waals surface area contributed by atoms with Crippen LogP contribution in [0.25, 0.3) is 11.2 Å². The van der Waals surface area contributed by atoms with Gasteiger partial charge in [-0.2, -0.15) is 0 Å². The average molecular weight is 395 g/mol. The number of hydrogen-bond acceptors (Lipinski definition) is 7. The fourth-order valence-electron chi connectivity index (χ4n) is 3.65. The first-order valence-corrected chi connectivity index (χ1v) is 9.82. The predicted octanol–water partition coefficient (Wildman–Crippen LogP) is 1.44. The van der Waals surface area contributed by atoms with E-state index in [4.69, 9.17) is 4.74 Å². The maximum atomic E-state index is 12.7. The smallest absolute Gasteiger partial charge is 0.222 e. The molecule has 0 aliphatic carbocycles. The number of carbonyl (C=O) groups excluding carboxylic acids is 1. The summed E-state index contributed by atoms with van der Waals surface area (Å²) >= 11 is 0. The van der Waals surface area contributed by atoms with Crippen molar-refractivity contribution in [2.24, 2.45) is 7.05 Å². The summed E-state index contributed by atoms with van der Waals surface area (Å²) < 4.78 is 6.83. The summed E-state index contributed by atoms with van der Waals surface area (Å²) in [6, 6.07) is 7.88. The number of rotatable bonds is 5. The number of nitrogens with zero attached hydrogens (tertiary/aromatic N) is 7. The molecule has 3 heterocycles. The summed E-state index contributed by atoms with van der Waals surface area (Å²) in [6.07, 6.45) is 3.67. The van der Waals surface area contributed by atoms with Gasteiger partial charge in [-0.1, -0.05) is 17.3 Å². The molecule has 0 bridgehead atoms. The minimum Gasteiger partial charge on any atom is -0.497 e. The van der Waals surface area contributed by atoms with Crippen molar-refractivity contribution in [2.45, 2.75) is 19.3 Å². The van der Waals surface area contributed by atoms with Gasteiger partial charge in [-0.25, -0.2) is 14.6 Å². The zero-order chi connectivity index (χ0) is 20.2. The van der Waals surface area contributed by atoms with Gasteiger partial charge in [-0.05, 0) is 30.5 Å². The zero-order valence-electron chi connectivity index (χ0n) is 16.8. The minimum atomic E-state index is 0.190. The highest BCUT2D eigenvalue weighted by Crippen LogP contribution is 2.21. The normalized spacial score (nSPS) is 14.8. The van der Waals surface area contributed by atoms with Gasteiger partial charge in [0.2, 0.25) is 5.91 Å². The molecule has 0 radical (unpaired) electrons. The quantitative estimate of drug-likeness (QED) is 0.646. The van der Waals surface area contributed by atoms with Gasteiger partial charge < -0.3 is 14.5 Å². The number of aryl methyl sites for hydroxylation is 2. The van der Waals surface area contributed by atoms with E-state index in [1.165, 1.54) is 0 Å². The molecule has 0 saturated carbocycles. The highest BCUT2D eigenvalue weighted by molar-refractivity contribution is 5.82. The SMILES string of the molecule is COc1ccc(CCC(=O)N2CCCN(c3ncnc4c3nnn4C)CC2)cc1. The van der Waals surface area contributed by atoms with Crippen LogP contribution in [0.4, 0.5) is 5.82 Å². The lowest BCUT2D eigenvalue weighted by Crippen LogP contribution is -2.35. The molecule has 1 aromatic carbocycles. The summed E-state index contributed by atoms with van der Waals surface area (Å²) in [7, 11) is 3.47. The minimum absolute atomic E-state index is 0.190. The fraction of sp³-hybridized carbons (Fsp3) is 0.450. The topological polar surface area (TPSA) is 89.3 Å². The molecule has 1 aliphatic rings. The van der Waals surface area contributed by atoms with Crippen molar-refractivity contribution >= 4 is 22.9 Å². The first-order valence-electron chi connectivity index (χ1n) is 9.82. The van der Waals surface area contributed by atoms with Gasteiger partial charge in [0, 0.05) is 39.6 Å². The maximum absolute atomic E-state index is 12.7. The van der Waals surface area contributed by atoms with Crippen LogP contribution in [-0.4, -0.2) is 69.1 Å². The lowest BCUT2D eigenvalue weighted by atomic mass is 10.1. The summed E-state index contributed by atoms with van der Waals surface area (Å²) in [6.45, 7) is 2.97. The second kappa shape index (κ2) is 8.42. The summed E-state index contributed by atoms with van der Waals surface area (Å²) in [5.74, 6) is 1.81. The average Bonchev–Trinajstić information content (AvgIpc) is 2.98. The number of aromatic nitrogens is 5. The predicted molar refractivity (Wildman–Crippen MR) is 109 cm³/mol. The molecule has 0 spiro atoms. The Bertz CT molecular complexity index is 986. The molecule has 1 aliphatic heterocycles. The molecular weight excluding hydrogens is 370 g/mol. The molecule has 2 aromatic heterocycles. The van der Waals surface area contributed by atoms with E-state index in [9.17, 15) is 4.79 Å². The molecule has 1 fully saturated rings. The Morgan fingerprint density at radius 3 is 2.72 bits per heavy atom. The molecule has 9 nitrogen and oxygen atoms in total. The van der Waals surface area contributed by atoms with Gasteiger partial charge >= 0.3 is 0 Å². The van der Waals surface area contributed by atoms with Crippen LogP contribution in [0.2, 0.25) is 0 Å². The Labute approximate surface area is 169 Å². The van der Waals surface area contributed by atoms with Crippen molar-refractivity contribution < 1.29 is 9.53 Å². The van der Waals surface area contributed by atoms with Crippen LogP contribution >= 0.6 is 0 Å². The fourth-order valence-corrected chi connectivity index (χ4v) is 3.65. The highest BCUT2D eigenvalue weighted by atomic mass is 16.5. The lowest BCUT2D eigenvalue weighted by molar-refractivity contribution is -0.130. The van der Waals surface area contributed by atoms with Gasteiger partial charge in [0.15, 0.2) is 17.0 Å². The number of benzene rings is 1. The number of hydrogen-bond donors (Lipinski definition) is 0. The third kappa shape index (κ3) is 4.13. The van der Waals surface area contributed by atoms with Gasteiger partial charge in [0.1, 0.15) is 12.1 Å². The molecular formula is C20H25N7O2. The Kier molecular flexibility index (Phi) is 5.55. The summed E-state index contributed by atoms with van der Waals surface area (Å²) in [4.78, 5) is 25.6. The van der Waals surface area contributed by atoms with E-state index in [1.54, 1.807) is 18.1 Å². The van der Waals surface area contributed by atoms with Crippen molar-refractivity contribution in [3.05, 3.63) is 36.2 Å². The number of carbonyl (C=O) groups is 1. The van der Waals surface area contributed by atoms with Gasteiger partial charge in [0.05, 0.1) is 7.11 Å². The molecule has 0 N–H and O–H groups in total. The number of anilines is 1. The number of methoxy groups -OCH3 is 1. The first-order chi connectivity index (χ1) is 14.2. The van der Waals surface area contributed by atoms with Gasteiger partial charge in [0.25, 0.3) is 0 Å². The molecule has 9 heteroatoms. The van der Waals surface area contributed by atoms with Crippen LogP contribution in [0.15, 0.2) is 30.6 Å². The molecule has 4 rings (SSSR count). The van der Waals surface area contributed by atoms with E-state index in [-0.39, 0.29) is 5.91 Å². The van der Waals surface area contributed by atoms with Crippen LogP contribution < -0.4 is 9.64 Å². The standard InChI is InChI=1S/C20H25N7O2/c1-25-19-18(23-24-25)20(22-14-21-19)27-11-3-10-26(12-13-27)17(28)9-6-15-4-7-16(29-2)8-5-15/h4-5,7-8,14H,3,6,9-13H2,1-2H3. The Morgan fingerprint density at radius 2 is 1.93 bits per heavy atom. The van der Waals surface area contributed by atoms with Crippen LogP contribution in [0, 0.1) is 0 Å². The molecule has 29 heavy (non-hydrogen) atoms. The van der Waals surface area contributed by atoms with Crippen molar-refractivity contribution in [3.8, 4) is 5.75 Å². The molecule has 1 saturated heterocycles. The summed E-state index contributed by atoms with van der Waals surface area (Å²) in [5, 5.41) is 8.26. The third-order valence-electron chi connectivity index (χ3n) is 5.30. The largest absolute Gasteiger partial charge is 0.497 e. The Hall–Kier alpha value is -3.23. The van der Waals surface area contributed by atoms with Crippen LogP contribution in [-0.2, 0) is 18.3 Å². The van der Waals surface area contributed by atoms with Crippen molar-refractivity contribution in [2.75, 3.05) is 38.2 Å². The molecule has 0 atom stereocenters. The third-order valence-corrected chi connectivity index (χ3v) is 5.30. The van der Waals surface area contributed by atoms with E-state index in [0.29, 0.717) is 24.1 Å².